The summed E-state index contributed by atoms with van der Waals surface area (Å²) in [6.07, 6.45) is 3.15. The van der Waals surface area contributed by atoms with Gasteiger partial charge in [-0.2, -0.15) is 0 Å². The highest BCUT2D eigenvalue weighted by Gasteiger charge is 2.05. The lowest BCUT2D eigenvalue weighted by Crippen LogP contribution is -1.93. The molecule has 0 nitrogen and oxygen atoms in total. The Morgan fingerprint density at radius 2 is 1.38 bits per heavy atom. The van der Waals surface area contributed by atoms with E-state index < -0.39 is 0 Å². The summed E-state index contributed by atoms with van der Waals surface area (Å²) >= 11 is 6.24. The third-order valence-corrected chi connectivity index (χ3v) is 2.94. The monoisotopic (exact) mass is 196 g/mol. The maximum atomic E-state index is 6.24. The van der Waals surface area contributed by atoms with Crippen molar-refractivity contribution in [3.63, 3.8) is 0 Å². The van der Waals surface area contributed by atoms with E-state index >= 15 is 0 Å². The Kier molecular flexibility index (Phi) is 3.80. The molecular formula is C12H17Cl. The molecule has 0 bridgehead atoms. The third kappa shape index (κ3) is 2.25. The highest BCUT2D eigenvalue weighted by molar-refractivity contribution is 6.32. The molecule has 1 aromatic rings. The molecule has 13 heavy (non-hydrogen) atoms. The standard InChI is InChI=1S/C12H17Cl/c1-4-9-7-10(5-2)12(13)11(6-3)8-9/h7-8H,4-6H2,1-3H3. The van der Waals surface area contributed by atoms with E-state index in [-0.39, 0.29) is 0 Å². The van der Waals surface area contributed by atoms with Crippen LogP contribution >= 0.6 is 11.6 Å². The van der Waals surface area contributed by atoms with E-state index in [0.717, 1.165) is 24.3 Å². The molecule has 0 radical (unpaired) electrons. The first-order valence-corrected chi connectivity index (χ1v) is 5.40. The molecule has 0 aliphatic carbocycles. The smallest absolute Gasteiger partial charge is 0.0469 e. The summed E-state index contributed by atoms with van der Waals surface area (Å²) in [5, 5.41) is 0.974. The summed E-state index contributed by atoms with van der Waals surface area (Å²) in [7, 11) is 0. The topological polar surface area (TPSA) is 0 Å². The molecular weight excluding hydrogens is 180 g/mol. The van der Waals surface area contributed by atoms with Crippen molar-refractivity contribution in [2.45, 2.75) is 40.0 Å². The van der Waals surface area contributed by atoms with Gasteiger partial charge in [0.2, 0.25) is 0 Å². The second-order valence-electron chi connectivity index (χ2n) is 3.29. The summed E-state index contributed by atoms with van der Waals surface area (Å²) in [5.74, 6) is 0. The molecule has 0 N–H and O–H groups in total. The SMILES string of the molecule is CCc1cc(CC)c(Cl)c(CC)c1. The van der Waals surface area contributed by atoms with Gasteiger partial charge in [-0.05, 0) is 36.0 Å². The van der Waals surface area contributed by atoms with Crippen LogP contribution in [0.4, 0.5) is 0 Å². The van der Waals surface area contributed by atoms with E-state index in [0.29, 0.717) is 0 Å². The van der Waals surface area contributed by atoms with Crippen molar-refractivity contribution in [2.75, 3.05) is 0 Å². The molecule has 0 aliphatic heterocycles. The minimum absolute atomic E-state index is 0.974. The van der Waals surface area contributed by atoms with Gasteiger partial charge in [0.05, 0.1) is 0 Å². The molecule has 1 heteroatoms. The van der Waals surface area contributed by atoms with Crippen LogP contribution in [0.5, 0.6) is 0 Å². The molecule has 0 unspecified atom stereocenters. The second kappa shape index (κ2) is 4.66. The van der Waals surface area contributed by atoms with E-state index in [4.69, 9.17) is 11.6 Å². The fourth-order valence-electron chi connectivity index (χ4n) is 1.54. The Morgan fingerprint density at radius 3 is 1.69 bits per heavy atom. The molecule has 0 amide bonds. The molecule has 1 rings (SSSR count). The van der Waals surface area contributed by atoms with E-state index in [1.54, 1.807) is 0 Å². The highest BCUT2D eigenvalue weighted by atomic mass is 35.5. The quantitative estimate of drug-likeness (QED) is 0.685. The van der Waals surface area contributed by atoms with Crippen molar-refractivity contribution in [3.8, 4) is 0 Å². The average molecular weight is 197 g/mol. The summed E-state index contributed by atoms with van der Waals surface area (Å²) < 4.78 is 0. The molecule has 0 fully saturated rings. The fourth-order valence-corrected chi connectivity index (χ4v) is 1.92. The molecule has 0 aliphatic rings. The fraction of sp³-hybridized carbons (Fsp3) is 0.500. The van der Waals surface area contributed by atoms with Crippen LogP contribution in [0.3, 0.4) is 0 Å². The van der Waals surface area contributed by atoms with Gasteiger partial charge in [-0.15, -0.1) is 0 Å². The first kappa shape index (κ1) is 10.6. The predicted molar refractivity (Wildman–Crippen MR) is 59.6 cm³/mol. The van der Waals surface area contributed by atoms with Gasteiger partial charge in [0.1, 0.15) is 0 Å². The van der Waals surface area contributed by atoms with Crippen molar-refractivity contribution in [1.29, 1.82) is 0 Å². The van der Waals surface area contributed by atoms with Crippen LogP contribution in [0.2, 0.25) is 5.02 Å². The maximum Gasteiger partial charge on any atom is 0.0469 e. The van der Waals surface area contributed by atoms with Crippen molar-refractivity contribution in [2.24, 2.45) is 0 Å². The van der Waals surface area contributed by atoms with Gasteiger partial charge in [0, 0.05) is 5.02 Å². The van der Waals surface area contributed by atoms with Gasteiger partial charge in [-0.25, -0.2) is 0 Å². The minimum atomic E-state index is 0.974. The zero-order chi connectivity index (χ0) is 9.84. The van der Waals surface area contributed by atoms with Crippen molar-refractivity contribution < 1.29 is 0 Å². The van der Waals surface area contributed by atoms with Crippen LogP contribution in [0, 0.1) is 0 Å². The Labute approximate surface area is 85.9 Å². The predicted octanol–water partition coefficient (Wildman–Crippen LogP) is 4.03. The van der Waals surface area contributed by atoms with Crippen LogP contribution in [0.15, 0.2) is 12.1 Å². The van der Waals surface area contributed by atoms with Crippen molar-refractivity contribution in [1.82, 2.24) is 0 Å². The van der Waals surface area contributed by atoms with Gasteiger partial charge < -0.3 is 0 Å². The van der Waals surface area contributed by atoms with E-state index in [2.05, 4.69) is 32.9 Å². The first-order chi connectivity index (χ1) is 6.22. The molecule has 0 spiro atoms. The van der Waals surface area contributed by atoms with Crippen LogP contribution in [-0.2, 0) is 19.3 Å². The average Bonchev–Trinajstić information content (AvgIpc) is 2.18. The lowest BCUT2D eigenvalue weighted by molar-refractivity contribution is 1.04. The minimum Gasteiger partial charge on any atom is -0.0837 e. The molecule has 0 saturated carbocycles. The molecule has 0 heterocycles. The molecule has 0 aromatic heterocycles. The number of hydrogen-bond acceptors (Lipinski definition) is 0. The zero-order valence-corrected chi connectivity index (χ0v) is 9.41. The van der Waals surface area contributed by atoms with Gasteiger partial charge >= 0.3 is 0 Å². The van der Waals surface area contributed by atoms with Gasteiger partial charge in [0.25, 0.3) is 0 Å². The lowest BCUT2D eigenvalue weighted by atomic mass is 10.0. The summed E-state index contributed by atoms with van der Waals surface area (Å²) in [6.45, 7) is 6.49. The summed E-state index contributed by atoms with van der Waals surface area (Å²) in [5.41, 5.74) is 3.98. The second-order valence-corrected chi connectivity index (χ2v) is 3.67. The number of benzene rings is 1. The Morgan fingerprint density at radius 1 is 0.923 bits per heavy atom. The van der Waals surface area contributed by atoms with Gasteiger partial charge in [-0.1, -0.05) is 44.5 Å². The molecule has 0 saturated heterocycles. The number of aryl methyl sites for hydroxylation is 3. The third-order valence-electron chi connectivity index (χ3n) is 2.45. The number of hydrogen-bond donors (Lipinski definition) is 0. The van der Waals surface area contributed by atoms with Gasteiger partial charge in [-0.3, -0.25) is 0 Å². The normalized spacial score (nSPS) is 10.5. The van der Waals surface area contributed by atoms with E-state index in [9.17, 15) is 0 Å². The van der Waals surface area contributed by atoms with E-state index in [1.165, 1.54) is 16.7 Å². The Balaban J connectivity index is 3.20. The number of rotatable bonds is 3. The lowest BCUT2D eigenvalue weighted by Gasteiger charge is -2.09. The molecule has 72 valence electrons. The first-order valence-electron chi connectivity index (χ1n) is 5.03. The van der Waals surface area contributed by atoms with Crippen LogP contribution < -0.4 is 0 Å². The zero-order valence-electron chi connectivity index (χ0n) is 8.65. The Bertz CT molecular complexity index is 264. The van der Waals surface area contributed by atoms with E-state index in [1.807, 2.05) is 0 Å². The maximum absolute atomic E-state index is 6.24. The van der Waals surface area contributed by atoms with Crippen LogP contribution in [0.1, 0.15) is 37.5 Å². The summed E-state index contributed by atoms with van der Waals surface area (Å²) in [6, 6.07) is 4.45. The van der Waals surface area contributed by atoms with Crippen LogP contribution in [0.25, 0.3) is 0 Å². The van der Waals surface area contributed by atoms with Crippen LogP contribution in [-0.4, -0.2) is 0 Å². The molecule has 1 aromatic carbocycles. The molecule has 0 atom stereocenters. The summed E-state index contributed by atoms with van der Waals surface area (Å²) in [4.78, 5) is 0. The van der Waals surface area contributed by atoms with Crippen molar-refractivity contribution >= 4 is 11.6 Å². The highest BCUT2D eigenvalue weighted by Crippen LogP contribution is 2.24. The number of halogens is 1. The van der Waals surface area contributed by atoms with Crippen molar-refractivity contribution in [3.05, 3.63) is 33.8 Å². The largest absolute Gasteiger partial charge is 0.0837 e. The van der Waals surface area contributed by atoms with Gasteiger partial charge in [0.15, 0.2) is 0 Å². The Hall–Kier alpha value is -0.490.